The number of nitrogens with zero attached hydrogens (tertiary/aromatic N) is 1. The maximum Gasteiger partial charge on any atom is 0.142 e. The molecule has 3 nitrogen and oxygen atoms in total. The maximum atomic E-state index is 5.75. The molecular formula is C14H22N2O. The largest absolute Gasteiger partial charge is 0.489 e. The highest BCUT2D eigenvalue weighted by molar-refractivity contribution is 5.62. The Kier molecular flexibility index (Phi) is 3.04. The van der Waals surface area contributed by atoms with Crippen LogP contribution < -0.4 is 15.4 Å². The molecule has 1 aromatic carbocycles. The lowest BCUT2D eigenvalue weighted by Gasteiger charge is -2.36. The molecule has 0 saturated carbocycles. The van der Waals surface area contributed by atoms with E-state index in [1.165, 1.54) is 5.56 Å². The van der Waals surface area contributed by atoms with Crippen LogP contribution in [-0.4, -0.2) is 26.2 Å². The number of rotatable bonds is 1. The van der Waals surface area contributed by atoms with Crippen molar-refractivity contribution in [2.75, 3.05) is 25.1 Å². The molecule has 1 atom stereocenters. The molecule has 2 rings (SSSR count). The Labute approximate surface area is 104 Å². The first-order valence-corrected chi connectivity index (χ1v) is 6.13. The van der Waals surface area contributed by atoms with E-state index in [0.717, 1.165) is 11.4 Å². The fraction of sp³-hybridized carbons (Fsp3) is 0.571. The lowest BCUT2D eigenvalue weighted by atomic mass is 9.86. The summed E-state index contributed by atoms with van der Waals surface area (Å²) in [5.41, 5.74) is 8.39. The first-order valence-electron chi connectivity index (χ1n) is 6.13. The molecule has 1 aliphatic heterocycles. The van der Waals surface area contributed by atoms with Crippen LogP contribution in [0.3, 0.4) is 0 Å². The Balaban J connectivity index is 2.40. The van der Waals surface area contributed by atoms with Gasteiger partial charge in [0.25, 0.3) is 0 Å². The first-order chi connectivity index (χ1) is 7.93. The number of hydrogen-bond acceptors (Lipinski definition) is 3. The third-order valence-corrected chi connectivity index (χ3v) is 3.46. The summed E-state index contributed by atoms with van der Waals surface area (Å²) < 4.78 is 5.74. The molecule has 0 bridgehead atoms. The molecule has 3 heteroatoms. The molecule has 0 aliphatic carbocycles. The summed E-state index contributed by atoms with van der Waals surface area (Å²) in [6.45, 7) is 7.96. The SMILES string of the molecule is CN1c2cc(C(C)(C)C)ccc2OCC1CN. The fourth-order valence-electron chi connectivity index (χ4n) is 2.10. The summed E-state index contributed by atoms with van der Waals surface area (Å²) in [6, 6.07) is 6.71. The van der Waals surface area contributed by atoms with E-state index in [4.69, 9.17) is 10.5 Å². The fourth-order valence-corrected chi connectivity index (χ4v) is 2.10. The summed E-state index contributed by atoms with van der Waals surface area (Å²) in [4.78, 5) is 2.23. The Morgan fingerprint density at radius 1 is 1.41 bits per heavy atom. The Morgan fingerprint density at radius 3 is 2.71 bits per heavy atom. The van der Waals surface area contributed by atoms with Crippen molar-refractivity contribution in [2.45, 2.75) is 32.2 Å². The molecule has 0 amide bonds. The number of ether oxygens (including phenoxy) is 1. The molecule has 94 valence electrons. The molecular weight excluding hydrogens is 212 g/mol. The van der Waals surface area contributed by atoms with E-state index in [1.54, 1.807) is 0 Å². The van der Waals surface area contributed by atoms with E-state index in [9.17, 15) is 0 Å². The number of fused-ring (bicyclic) bond motifs is 1. The van der Waals surface area contributed by atoms with Crippen molar-refractivity contribution < 1.29 is 4.74 Å². The van der Waals surface area contributed by atoms with Crippen LogP contribution in [0.4, 0.5) is 5.69 Å². The monoisotopic (exact) mass is 234 g/mol. The lowest BCUT2D eigenvalue weighted by molar-refractivity contribution is 0.269. The summed E-state index contributed by atoms with van der Waals surface area (Å²) in [6.07, 6.45) is 0. The molecule has 0 aromatic heterocycles. The van der Waals surface area contributed by atoms with Crippen LogP contribution in [-0.2, 0) is 5.41 Å². The van der Waals surface area contributed by atoms with Crippen molar-refractivity contribution >= 4 is 5.69 Å². The van der Waals surface area contributed by atoms with Gasteiger partial charge < -0.3 is 15.4 Å². The average molecular weight is 234 g/mol. The minimum absolute atomic E-state index is 0.158. The van der Waals surface area contributed by atoms with Gasteiger partial charge in [-0.2, -0.15) is 0 Å². The number of anilines is 1. The molecule has 0 spiro atoms. The quantitative estimate of drug-likeness (QED) is 0.809. The van der Waals surface area contributed by atoms with E-state index in [0.29, 0.717) is 13.2 Å². The van der Waals surface area contributed by atoms with Gasteiger partial charge in [-0.3, -0.25) is 0 Å². The molecule has 0 saturated heterocycles. The van der Waals surface area contributed by atoms with Gasteiger partial charge in [-0.1, -0.05) is 26.8 Å². The second-order valence-corrected chi connectivity index (χ2v) is 5.74. The maximum absolute atomic E-state index is 5.75. The van der Waals surface area contributed by atoms with Gasteiger partial charge >= 0.3 is 0 Å². The van der Waals surface area contributed by atoms with Crippen LogP contribution in [0.5, 0.6) is 5.75 Å². The number of likely N-dealkylation sites (N-methyl/N-ethyl adjacent to an activating group) is 1. The van der Waals surface area contributed by atoms with Gasteiger partial charge in [-0.15, -0.1) is 0 Å². The lowest BCUT2D eigenvalue weighted by Crippen LogP contribution is -2.45. The molecule has 1 aliphatic rings. The predicted octanol–water partition coefficient (Wildman–Crippen LogP) is 2.14. The van der Waals surface area contributed by atoms with Crippen molar-refractivity contribution in [3.05, 3.63) is 23.8 Å². The minimum Gasteiger partial charge on any atom is -0.489 e. The van der Waals surface area contributed by atoms with Crippen LogP contribution in [0.2, 0.25) is 0 Å². The summed E-state index contributed by atoms with van der Waals surface area (Å²) in [5, 5.41) is 0. The summed E-state index contributed by atoms with van der Waals surface area (Å²) >= 11 is 0. The van der Waals surface area contributed by atoms with E-state index in [2.05, 4.69) is 50.9 Å². The van der Waals surface area contributed by atoms with Gasteiger partial charge in [0.2, 0.25) is 0 Å². The van der Waals surface area contributed by atoms with Crippen LogP contribution in [0, 0.1) is 0 Å². The Hall–Kier alpha value is -1.22. The van der Waals surface area contributed by atoms with Crippen LogP contribution in [0.1, 0.15) is 26.3 Å². The van der Waals surface area contributed by atoms with Crippen molar-refractivity contribution in [1.82, 2.24) is 0 Å². The highest BCUT2D eigenvalue weighted by atomic mass is 16.5. The predicted molar refractivity (Wildman–Crippen MR) is 71.9 cm³/mol. The van der Waals surface area contributed by atoms with Crippen LogP contribution in [0.25, 0.3) is 0 Å². The Bertz CT molecular complexity index is 409. The van der Waals surface area contributed by atoms with Crippen molar-refractivity contribution in [3.8, 4) is 5.75 Å². The molecule has 1 aromatic rings. The molecule has 17 heavy (non-hydrogen) atoms. The summed E-state index contributed by atoms with van der Waals surface area (Å²) in [7, 11) is 2.09. The highest BCUT2D eigenvalue weighted by Gasteiger charge is 2.25. The molecule has 1 heterocycles. The minimum atomic E-state index is 0.158. The van der Waals surface area contributed by atoms with Gasteiger partial charge in [-0.05, 0) is 23.1 Å². The highest BCUT2D eigenvalue weighted by Crippen LogP contribution is 2.36. The number of nitrogens with two attached hydrogens (primary N) is 1. The second-order valence-electron chi connectivity index (χ2n) is 5.74. The van der Waals surface area contributed by atoms with E-state index < -0.39 is 0 Å². The van der Waals surface area contributed by atoms with E-state index >= 15 is 0 Å². The molecule has 0 fully saturated rings. The topological polar surface area (TPSA) is 38.5 Å². The van der Waals surface area contributed by atoms with Crippen LogP contribution in [0.15, 0.2) is 18.2 Å². The first kappa shape index (κ1) is 12.2. The number of hydrogen-bond donors (Lipinski definition) is 1. The molecule has 2 N–H and O–H groups in total. The zero-order valence-electron chi connectivity index (χ0n) is 11.2. The van der Waals surface area contributed by atoms with Crippen molar-refractivity contribution in [1.29, 1.82) is 0 Å². The zero-order chi connectivity index (χ0) is 12.6. The van der Waals surface area contributed by atoms with Gasteiger partial charge in [-0.25, -0.2) is 0 Å². The van der Waals surface area contributed by atoms with Gasteiger partial charge in [0.05, 0.1) is 11.7 Å². The van der Waals surface area contributed by atoms with Gasteiger partial charge in [0.15, 0.2) is 0 Å². The standard InChI is InChI=1S/C14H22N2O/c1-14(2,3)10-5-6-13-12(7-10)16(4)11(8-15)9-17-13/h5-7,11H,8-9,15H2,1-4H3. The molecule has 0 radical (unpaired) electrons. The van der Waals surface area contributed by atoms with Gasteiger partial charge in [0.1, 0.15) is 12.4 Å². The normalized spacial score (nSPS) is 19.8. The molecule has 1 unspecified atom stereocenters. The van der Waals surface area contributed by atoms with Gasteiger partial charge in [0, 0.05) is 13.6 Å². The van der Waals surface area contributed by atoms with Crippen molar-refractivity contribution in [2.24, 2.45) is 5.73 Å². The summed E-state index contributed by atoms with van der Waals surface area (Å²) in [5.74, 6) is 0.963. The third-order valence-electron chi connectivity index (χ3n) is 3.46. The van der Waals surface area contributed by atoms with E-state index in [-0.39, 0.29) is 11.5 Å². The smallest absolute Gasteiger partial charge is 0.142 e. The average Bonchev–Trinajstić information content (AvgIpc) is 2.28. The third kappa shape index (κ3) is 2.25. The number of benzene rings is 1. The second kappa shape index (κ2) is 4.22. The zero-order valence-corrected chi connectivity index (χ0v) is 11.2. The Morgan fingerprint density at radius 2 is 2.12 bits per heavy atom. The van der Waals surface area contributed by atoms with Crippen molar-refractivity contribution in [3.63, 3.8) is 0 Å². The van der Waals surface area contributed by atoms with Crippen LogP contribution >= 0.6 is 0 Å². The van der Waals surface area contributed by atoms with E-state index in [1.807, 2.05) is 0 Å².